The molecule has 0 atom stereocenters. The van der Waals surface area contributed by atoms with Crippen molar-refractivity contribution in [3.63, 3.8) is 0 Å². The Morgan fingerprint density at radius 1 is 1.19 bits per heavy atom. The number of amides is 2. The molecule has 4 nitrogen and oxygen atoms in total. The quantitative estimate of drug-likeness (QED) is 0.809. The highest BCUT2D eigenvalue weighted by Crippen LogP contribution is 2.46. The second-order valence-corrected chi connectivity index (χ2v) is 7.62. The standard InChI is InChI=1S/C22H29N3O/c1-3-22(4-2)14-16-10-8-9-13-18(16)20(19(22)15-23)25-21(26)24-17-11-6-5-7-12-17/h8-10,13,17H,3-7,11-12,14H2,1-2H3,(H2,24,25,26). The van der Waals surface area contributed by atoms with E-state index < -0.39 is 0 Å². The molecule has 138 valence electrons. The number of hydrogen-bond donors (Lipinski definition) is 2. The molecule has 2 N–H and O–H groups in total. The molecule has 3 rings (SSSR count). The summed E-state index contributed by atoms with van der Waals surface area (Å²) in [6.45, 7) is 4.27. The molecule has 1 saturated carbocycles. The van der Waals surface area contributed by atoms with Gasteiger partial charge in [-0.1, -0.05) is 57.4 Å². The van der Waals surface area contributed by atoms with Crippen molar-refractivity contribution in [2.75, 3.05) is 0 Å². The fourth-order valence-electron chi connectivity index (χ4n) is 4.51. The largest absolute Gasteiger partial charge is 0.335 e. The van der Waals surface area contributed by atoms with Crippen LogP contribution in [0.3, 0.4) is 0 Å². The predicted molar refractivity (Wildman–Crippen MR) is 104 cm³/mol. The number of urea groups is 1. The number of hydrogen-bond acceptors (Lipinski definition) is 2. The smallest absolute Gasteiger partial charge is 0.319 e. The molecule has 0 radical (unpaired) electrons. The summed E-state index contributed by atoms with van der Waals surface area (Å²) in [6.07, 6.45) is 8.32. The first kappa shape index (κ1) is 18.5. The molecule has 0 aliphatic heterocycles. The summed E-state index contributed by atoms with van der Waals surface area (Å²) in [4.78, 5) is 12.7. The number of benzene rings is 1. The molecule has 0 saturated heterocycles. The van der Waals surface area contributed by atoms with Crippen LogP contribution in [-0.2, 0) is 6.42 Å². The molecule has 0 bridgehead atoms. The van der Waals surface area contributed by atoms with Crippen LogP contribution >= 0.6 is 0 Å². The van der Waals surface area contributed by atoms with Crippen LogP contribution in [0.25, 0.3) is 5.70 Å². The van der Waals surface area contributed by atoms with Crippen LogP contribution in [0.15, 0.2) is 29.8 Å². The van der Waals surface area contributed by atoms with Crippen LogP contribution in [0.1, 0.15) is 69.9 Å². The fourth-order valence-corrected chi connectivity index (χ4v) is 4.51. The van der Waals surface area contributed by atoms with Crippen molar-refractivity contribution in [2.24, 2.45) is 5.41 Å². The third-order valence-electron chi connectivity index (χ3n) is 6.24. The Morgan fingerprint density at radius 3 is 2.54 bits per heavy atom. The van der Waals surface area contributed by atoms with Gasteiger partial charge in [-0.25, -0.2) is 4.79 Å². The zero-order valence-corrected chi connectivity index (χ0v) is 15.9. The predicted octanol–water partition coefficient (Wildman–Crippen LogP) is 4.92. The van der Waals surface area contributed by atoms with Gasteiger partial charge in [-0.2, -0.15) is 5.26 Å². The minimum Gasteiger partial charge on any atom is -0.335 e. The van der Waals surface area contributed by atoms with E-state index in [9.17, 15) is 10.1 Å². The molecular weight excluding hydrogens is 322 g/mol. The molecule has 4 heteroatoms. The second kappa shape index (κ2) is 7.95. The van der Waals surface area contributed by atoms with Crippen LogP contribution in [0.4, 0.5) is 4.79 Å². The first-order chi connectivity index (χ1) is 12.6. The highest BCUT2D eigenvalue weighted by atomic mass is 16.2. The minimum absolute atomic E-state index is 0.183. The molecule has 2 aliphatic rings. The normalized spacial score (nSPS) is 19.4. The summed E-state index contributed by atoms with van der Waals surface area (Å²) in [5.74, 6) is 0. The summed E-state index contributed by atoms with van der Waals surface area (Å²) < 4.78 is 0. The Morgan fingerprint density at radius 2 is 1.88 bits per heavy atom. The lowest BCUT2D eigenvalue weighted by Crippen LogP contribution is -2.44. The van der Waals surface area contributed by atoms with Gasteiger partial charge in [0.1, 0.15) is 0 Å². The third-order valence-corrected chi connectivity index (χ3v) is 6.24. The van der Waals surface area contributed by atoms with Gasteiger partial charge in [0.2, 0.25) is 0 Å². The average molecular weight is 351 g/mol. The number of fused-ring (bicyclic) bond motifs is 1. The lowest BCUT2D eigenvalue weighted by atomic mass is 9.66. The van der Waals surface area contributed by atoms with Crippen LogP contribution in [0.2, 0.25) is 0 Å². The number of nitriles is 1. The van der Waals surface area contributed by atoms with E-state index in [1.165, 1.54) is 24.8 Å². The highest BCUT2D eigenvalue weighted by Gasteiger charge is 2.39. The molecule has 26 heavy (non-hydrogen) atoms. The average Bonchev–Trinajstić information content (AvgIpc) is 2.68. The van der Waals surface area contributed by atoms with Crippen LogP contribution < -0.4 is 10.6 Å². The molecule has 1 aromatic carbocycles. The molecule has 1 fully saturated rings. The van der Waals surface area contributed by atoms with E-state index >= 15 is 0 Å². The number of rotatable bonds is 4. The van der Waals surface area contributed by atoms with E-state index in [4.69, 9.17) is 0 Å². The Labute approximate surface area is 156 Å². The lowest BCUT2D eigenvalue weighted by molar-refractivity contribution is 0.236. The molecular formula is C22H29N3O. The Balaban J connectivity index is 1.93. The summed E-state index contributed by atoms with van der Waals surface area (Å²) in [7, 11) is 0. The van der Waals surface area contributed by atoms with E-state index in [-0.39, 0.29) is 17.5 Å². The van der Waals surface area contributed by atoms with Gasteiger partial charge < -0.3 is 10.6 Å². The van der Waals surface area contributed by atoms with E-state index in [0.29, 0.717) is 5.70 Å². The first-order valence-electron chi connectivity index (χ1n) is 9.94. The zero-order valence-electron chi connectivity index (χ0n) is 15.9. The first-order valence-corrected chi connectivity index (χ1v) is 9.94. The van der Waals surface area contributed by atoms with Gasteiger partial charge in [0.25, 0.3) is 0 Å². The Kier molecular flexibility index (Phi) is 5.66. The molecule has 2 amide bonds. The van der Waals surface area contributed by atoms with Gasteiger partial charge in [0, 0.05) is 17.0 Å². The number of allylic oxidation sites excluding steroid dienone is 1. The van der Waals surface area contributed by atoms with Gasteiger partial charge >= 0.3 is 6.03 Å². The van der Waals surface area contributed by atoms with Gasteiger partial charge in [-0.3, -0.25) is 0 Å². The van der Waals surface area contributed by atoms with Gasteiger partial charge in [0.15, 0.2) is 0 Å². The van der Waals surface area contributed by atoms with Crippen molar-refractivity contribution in [1.29, 1.82) is 5.26 Å². The van der Waals surface area contributed by atoms with E-state index in [2.05, 4.69) is 36.6 Å². The van der Waals surface area contributed by atoms with Crippen molar-refractivity contribution in [1.82, 2.24) is 10.6 Å². The molecule has 0 aromatic heterocycles. The van der Waals surface area contributed by atoms with Crippen molar-refractivity contribution < 1.29 is 4.79 Å². The monoisotopic (exact) mass is 351 g/mol. The Bertz CT molecular complexity index is 734. The van der Waals surface area contributed by atoms with Gasteiger partial charge in [0.05, 0.1) is 17.3 Å². The maximum atomic E-state index is 12.7. The molecule has 0 unspecified atom stereocenters. The third kappa shape index (κ3) is 3.49. The van der Waals surface area contributed by atoms with Crippen molar-refractivity contribution in [2.45, 2.75) is 71.3 Å². The fraction of sp³-hybridized carbons (Fsp3) is 0.545. The number of carbonyl (C=O) groups excluding carboxylic acids is 1. The van der Waals surface area contributed by atoms with E-state index in [0.717, 1.165) is 43.2 Å². The molecule has 2 aliphatic carbocycles. The lowest BCUT2D eigenvalue weighted by Gasteiger charge is -2.38. The summed E-state index contributed by atoms with van der Waals surface area (Å²) in [5, 5.41) is 16.1. The molecule has 0 spiro atoms. The second-order valence-electron chi connectivity index (χ2n) is 7.62. The topological polar surface area (TPSA) is 64.9 Å². The Hall–Kier alpha value is -2.28. The van der Waals surface area contributed by atoms with Crippen LogP contribution in [0.5, 0.6) is 0 Å². The van der Waals surface area contributed by atoms with Crippen molar-refractivity contribution in [3.05, 3.63) is 41.0 Å². The summed E-state index contributed by atoms with van der Waals surface area (Å²) >= 11 is 0. The zero-order chi connectivity index (χ0) is 18.6. The SMILES string of the molecule is CCC1(CC)Cc2ccccc2C(NC(=O)NC2CCCCC2)=C1C#N. The maximum absolute atomic E-state index is 12.7. The van der Waals surface area contributed by atoms with Crippen molar-refractivity contribution in [3.8, 4) is 6.07 Å². The van der Waals surface area contributed by atoms with Crippen LogP contribution in [-0.4, -0.2) is 12.1 Å². The summed E-state index contributed by atoms with van der Waals surface area (Å²) in [5.41, 5.74) is 3.42. The van der Waals surface area contributed by atoms with E-state index in [1.807, 2.05) is 18.2 Å². The summed E-state index contributed by atoms with van der Waals surface area (Å²) in [6, 6.07) is 10.6. The number of nitrogens with zero attached hydrogens (tertiary/aromatic N) is 1. The molecule has 1 aromatic rings. The molecule has 0 heterocycles. The van der Waals surface area contributed by atoms with Gasteiger partial charge in [-0.15, -0.1) is 0 Å². The van der Waals surface area contributed by atoms with Crippen molar-refractivity contribution >= 4 is 11.7 Å². The van der Waals surface area contributed by atoms with Crippen LogP contribution in [0, 0.1) is 16.7 Å². The number of carbonyl (C=O) groups is 1. The van der Waals surface area contributed by atoms with Gasteiger partial charge in [-0.05, 0) is 37.7 Å². The highest BCUT2D eigenvalue weighted by molar-refractivity contribution is 5.89. The number of nitrogens with one attached hydrogen (secondary N) is 2. The van der Waals surface area contributed by atoms with E-state index in [1.54, 1.807) is 0 Å². The minimum atomic E-state index is -0.198. The maximum Gasteiger partial charge on any atom is 0.319 e.